The molecule has 1 aliphatic carbocycles. The summed E-state index contributed by atoms with van der Waals surface area (Å²) in [6.07, 6.45) is 6.93. The Bertz CT molecular complexity index is 1570. The molecule has 4 aromatic rings. The van der Waals surface area contributed by atoms with E-state index in [4.69, 9.17) is 32.7 Å². The molecule has 3 heterocycles. The van der Waals surface area contributed by atoms with Gasteiger partial charge in [-0.15, -0.1) is 5.10 Å². The van der Waals surface area contributed by atoms with Crippen molar-refractivity contribution in [2.75, 3.05) is 23.8 Å². The van der Waals surface area contributed by atoms with Gasteiger partial charge in [-0.1, -0.05) is 28.4 Å². The van der Waals surface area contributed by atoms with Gasteiger partial charge in [-0.3, -0.25) is 4.98 Å². The summed E-state index contributed by atoms with van der Waals surface area (Å²) < 4.78 is 27.2. The first-order valence-corrected chi connectivity index (χ1v) is 13.4. The lowest BCUT2D eigenvalue weighted by molar-refractivity contribution is -0.181. The van der Waals surface area contributed by atoms with Gasteiger partial charge in [-0.25, -0.2) is 9.07 Å². The van der Waals surface area contributed by atoms with Gasteiger partial charge in [-0.05, 0) is 43.2 Å². The van der Waals surface area contributed by atoms with Crippen LogP contribution in [0.1, 0.15) is 43.0 Å². The van der Waals surface area contributed by atoms with Crippen LogP contribution in [0.15, 0.2) is 42.7 Å². The van der Waals surface area contributed by atoms with Crippen LogP contribution >= 0.6 is 23.2 Å². The van der Waals surface area contributed by atoms with E-state index < -0.39 is 11.6 Å². The van der Waals surface area contributed by atoms with Crippen LogP contribution < -0.4 is 10.6 Å². The summed E-state index contributed by atoms with van der Waals surface area (Å²) in [7, 11) is 0. The lowest BCUT2D eigenvalue weighted by Gasteiger charge is -2.35. The number of hydrogen-bond donors (Lipinski definition) is 2. The molecule has 0 amide bonds. The highest BCUT2D eigenvalue weighted by molar-refractivity contribution is 6.36. The maximum absolute atomic E-state index is 13.7. The van der Waals surface area contributed by atoms with Gasteiger partial charge in [0.05, 0.1) is 58.8 Å². The number of rotatable bonds is 6. The Hall–Kier alpha value is -3.49. The van der Waals surface area contributed by atoms with Crippen molar-refractivity contribution in [2.24, 2.45) is 0 Å². The number of aromatic nitrogens is 4. The normalized spacial score (nSPS) is 17.0. The molecule has 0 bridgehead atoms. The van der Waals surface area contributed by atoms with Crippen LogP contribution in [0.25, 0.3) is 10.9 Å². The number of nitrogens with one attached hydrogen (secondary N) is 2. The van der Waals surface area contributed by atoms with Gasteiger partial charge >= 0.3 is 0 Å². The number of nitrogens with zero attached hydrogens (tertiary/aromatic N) is 5. The van der Waals surface area contributed by atoms with E-state index in [1.807, 2.05) is 16.9 Å². The van der Waals surface area contributed by atoms with E-state index in [0.29, 0.717) is 58.3 Å². The summed E-state index contributed by atoms with van der Waals surface area (Å²) in [5, 5.41) is 25.9. The van der Waals surface area contributed by atoms with Crippen molar-refractivity contribution < 1.29 is 13.9 Å². The van der Waals surface area contributed by atoms with E-state index in [-0.39, 0.29) is 11.1 Å². The van der Waals surface area contributed by atoms with E-state index in [0.717, 1.165) is 31.4 Å². The number of anilines is 3. The highest BCUT2D eigenvalue weighted by Crippen LogP contribution is 2.40. The van der Waals surface area contributed by atoms with Gasteiger partial charge in [0, 0.05) is 35.8 Å². The Labute approximate surface area is 233 Å². The van der Waals surface area contributed by atoms with Crippen LogP contribution in [0.4, 0.5) is 21.5 Å². The minimum absolute atomic E-state index is 0.0294. The fourth-order valence-electron chi connectivity index (χ4n) is 5.16. The molecule has 2 fully saturated rings. The molecule has 2 N–H and O–H groups in total. The molecular formula is C27H24Cl2FN7O2. The van der Waals surface area contributed by atoms with E-state index >= 15 is 0 Å². The number of halogens is 3. The average Bonchev–Trinajstić information content (AvgIpc) is 3.61. The summed E-state index contributed by atoms with van der Waals surface area (Å²) in [6.45, 7) is 1.75. The predicted octanol–water partition coefficient (Wildman–Crippen LogP) is 6.36. The van der Waals surface area contributed by atoms with Crippen molar-refractivity contribution in [3.8, 4) is 6.07 Å². The van der Waals surface area contributed by atoms with Crippen molar-refractivity contribution in [1.82, 2.24) is 20.0 Å². The highest BCUT2D eigenvalue weighted by atomic mass is 35.5. The van der Waals surface area contributed by atoms with Crippen LogP contribution in [0.2, 0.25) is 10.0 Å². The van der Waals surface area contributed by atoms with Crippen LogP contribution in [-0.2, 0) is 16.0 Å². The summed E-state index contributed by atoms with van der Waals surface area (Å²) in [5.74, 6) is -0.939. The first-order chi connectivity index (χ1) is 18.9. The molecule has 2 aliphatic rings. The molecule has 1 spiro atoms. The third-order valence-corrected chi connectivity index (χ3v) is 7.75. The van der Waals surface area contributed by atoms with Crippen molar-refractivity contribution >= 4 is 51.2 Å². The minimum atomic E-state index is -0.530. The summed E-state index contributed by atoms with van der Waals surface area (Å²) in [6, 6.07) is 10.3. The Morgan fingerprint density at radius 2 is 1.87 bits per heavy atom. The topological polar surface area (TPSA) is 110 Å². The van der Waals surface area contributed by atoms with E-state index in [9.17, 15) is 9.65 Å². The number of nitriles is 1. The molecule has 200 valence electrons. The van der Waals surface area contributed by atoms with Crippen LogP contribution in [0, 0.1) is 17.1 Å². The molecular weight excluding hydrogens is 544 g/mol. The highest BCUT2D eigenvalue weighted by Gasteiger charge is 2.40. The molecule has 2 aromatic heterocycles. The third-order valence-electron chi connectivity index (χ3n) is 7.17. The van der Waals surface area contributed by atoms with Gasteiger partial charge in [0.1, 0.15) is 17.6 Å². The molecule has 1 aliphatic heterocycles. The first kappa shape index (κ1) is 25.8. The monoisotopic (exact) mass is 567 g/mol. The molecule has 9 nitrogen and oxygen atoms in total. The van der Waals surface area contributed by atoms with E-state index in [1.165, 1.54) is 18.3 Å². The summed E-state index contributed by atoms with van der Waals surface area (Å²) in [5.41, 5.74) is 3.34. The Balaban J connectivity index is 1.20. The lowest BCUT2D eigenvalue weighted by Crippen LogP contribution is -2.35. The Morgan fingerprint density at radius 1 is 1.10 bits per heavy atom. The maximum Gasteiger partial charge on any atom is 0.168 e. The SMILES string of the molecule is N#Cc1cnc2c(Cl)cc(NCc3cn(C4CCC5(CC4)OCCO5)nn3)cc2c1Nc1ccc(F)c(Cl)c1. The standard InChI is InChI=1S/C27H24Cl2FN7O2/c28-22-10-17(1-2-24(22)30)34-25-16(12-31)13-33-26-21(25)9-18(11-23(26)29)32-14-19-15-37(36-35-19)20-3-5-27(6-4-20)38-7-8-39-27/h1-2,9-11,13,15,20,32H,3-8,14H2,(H,33,34). The molecule has 2 aromatic carbocycles. The molecule has 12 heteroatoms. The van der Waals surface area contributed by atoms with Crippen LogP contribution in [0.5, 0.6) is 0 Å². The van der Waals surface area contributed by atoms with Crippen molar-refractivity contribution in [2.45, 2.75) is 44.1 Å². The molecule has 0 radical (unpaired) electrons. The number of benzene rings is 2. The zero-order valence-corrected chi connectivity index (χ0v) is 22.3. The molecule has 6 rings (SSSR count). The average molecular weight is 568 g/mol. The lowest BCUT2D eigenvalue weighted by atomic mass is 9.90. The van der Waals surface area contributed by atoms with Gasteiger partial charge in [0.2, 0.25) is 0 Å². The molecule has 1 saturated carbocycles. The van der Waals surface area contributed by atoms with E-state index in [1.54, 1.807) is 12.1 Å². The van der Waals surface area contributed by atoms with Crippen molar-refractivity contribution in [3.05, 3.63) is 69.8 Å². The van der Waals surface area contributed by atoms with E-state index in [2.05, 4.69) is 32.0 Å². The van der Waals surface area contributed by atoms with Crippen LogP contribution in [-0.4, -0.2) is 39.0 Å². The van der Waals surface area contributed by atoms with Gasteiger partial charge in [0.15, 0.2) is 5.79 Å². The Kier molecular flexibility index (Phi) is 6.99. The van der Waals surface area contributed by atoms with Gasteiger partial charge in [0.25, 0.3) is 0 Å². The summed E-state index contributed by atoms with van der Waals surface area (Å²) >= 11 is 12.5. The fourth-order valence-corrected chi connectivity index (χ4v) is 5.61. The Morgan fingerprint density at radius 3 is 2.62 bits per heavy atom. The summed E-state index contributed by atoms with van der Waals surface area (Å²) in [4.78, 5) is 4.37. The number of hydrogen-bond acceptors (Lipinski definition) is 8. The second-order valence-corrected chi connectivity index (χ2v) is 10.5. The molecule has 1 saturated heterocycles. The van der Waals surface area contributed by atoms with Crippen molar-refractivity contribution in [1.29, 1.82) is 5.26 Å². The largest absolute Gasteiger partial charge is 0.379 e. The zero-order chi connectivity index (χ0) is 27.0. The third kappa shape index (κ3) is 5.23. The predicted molar refractivity (Wildman–Crippen MR) is 146 cm³/mol. The number of pyridine rings is 1. The molecule has 0 atom stereocenters. The maximum atomic E-state index is 13.7. The second-order valence-electron chi connectivity index (χ2n) is 9.65. The smallest absolute Gasteiger partial charge is 0.168 e. The minimum Gasteiger partial charge on any atom is -0.379 e. The van der Waals surface area contributed by atoms with Crippen LogP contribution in [0.3, 0.4) is 0 Å². The number of ether oxygens (including phenoxy) is 2. The zero-order valence-electron chi connectivity index (χ0n) is 20.8. The second kappa shape index (κ2) is 10.6. The number of fused-ring (bicyclic) bond motifs is 1. The van der Waals surface area contributed by atoms with Gasteiger partial charge in [-0.2, -0.15) is 5.26 Å². The fraction of sp³-hybridized carbons (Fsp3) is 0.333. The molecule has 39 heavy (non-hydrogen) atoms. The molecule has 0 unspecified atom stereocenters. The quantitative estimate of drug-likeness (QED) is 0.277. The van der Waals surface area contributed by atoms with Crippen molar-refractivity contribution in [3.63, 3.8) is 0 Å². The first-order valence-electron chi connectivity index (χ1n) is 12.6. The van der Waals surface area contributed by atoms with Gasteiger partial charge < -0.3 is 20.1 Å².